The molecule has 0 N–H and O–H groups in total. The second-order valence-corrected chi connectivity index (χ2v) is 10.0. The van der Waals surface area contributed by atoms with E-state index in [1.165, 1.54) is 29.2 Å². The summed E-state index contributed by atoms with van der Waals surface area (Å²) in [4.78, 5) is 40.2. The Bertz CT molecular complexity index is 1530. The number of alkyl halides is 1. The molecule has 41 heavy (non-hydrogen) atoms. The van der Waals surface area contributed by atoms with Crippen LogP contribution in [0.2, 0.25) is 0 Å². The van der Waals surface area contributed by atoms with E-state index in [-0.39, 0.29) is 36.7 Å². The molecule has 1 saturated heterocycles. The van der Waals surface area contributed by atoms with Crippen LogP contribution in [0.15, 0.2) is 103 Å². The van der Waals surface area contributed by atoms with Gasteiger partial charge in [-0.05, 0) is 60.2 Å². The van der Waals surface area contributed by atoms with E-state index in [9.17, 15) is 18.8 Å². The van der Waals surface area contributed by atoms with E-state index >= 15 is 0 Å². The first-order valence-corrected chi connectivity index (χ1v) is 13.8. The molecule has 2 atom stereocenters. The van der Waals surface area contributed by atoms with Gasteiger partial charge in [0.15, 0.2) is 6.10 Å². The molecule has 4 aromatic carbocycles. The summed E-state index contributed by atoms with van der Waals surface area (Å²) in [7, 11) is 0. The van der Waals surface area contributed by atoms with Crippen molar-refractivity contribution < 1.29 is 28.2 Å². The highest BCUT2D eigenvalue weighted by Crippen LogP contribution is 2.34. The molecule has 1 amide bonds. The van der Waals surface area contributed by atoms with E-state index in [0.717, 1.165) is 11.1 Å². The number of rotatable bonds is 10. The van der Waals surface area contributed by atoms with Crippen molar-refractivity contribution in [2.45, 2.75) is 18.9 Å². The SMILES string of the molecule is O=C(O[C@@H](CCCl)C(=O)c1ccc(F)cc1)[C@H]1CC(=O)N(c2ccc(Oc3ccccc3-c3ccccc3)cc2)C1. The molecule has 208 valence electrons. The van der Waals surface area contributed by atoms with E-state index in [1.807, 2.05) is 54.6 Å². The zero-order valence-corrected chi connectivity index (χ0v) is 22.8. The molecule has 0 aromatic heterocycles. The number of carbonyl (C=O) groups excluding carboxylic acids is 3. The molecular weight excluding hydrogens is 545 g/mol. The zero-order valence-electron chi connectivity index (χ0n) is 22.0. The number of esters is 1. The van der Waals surface area contributed by atoms with Gasteiger partial charge in [0.1, 0.15) is 17.3 Å². The largest absolute Gasteiger partial charge is 0.457 e. The highest BCUT2D eigenvalue weighted by atomic mass is 35.5. The van der Waals surface area contributed by atoms with Gasteiger partial charge in [-0.15, -0.1) is 11.6 Å². The van der Waals surface area contributed by atoms with Crippen LogP contribution in [-0.4, -0.2) is 36.2 Å². The maximum absolute atomic E-state index is 13.3. The van der Waals surface area contributed by atoms with Crippen molar-refractivity contribution in [1.29, 1.82) is 0 Å². The lowest BCUT2D eigenvalue weighted by molar-refractivity contribution is -0.151. The molecule has 0 radical (unpaired) electrons. The maximum atomic E-state index is 13.3. The molecule has 6 nitrogen and oxygen atoms in total. The van der Waals surface area contributed by atoms with Crippen LogP contribution in [0.3, 0.4) is 0 Å². The second kappa shape index (κ2) is 12.8. The van der Waals surface area contributed by atoms with Crippen molar-refractivity contribution in [1.82, 2.24) is 0 Å². The van der Waals surface area contributed by atoms with Gasteiger partial charge >= 0.3 is 5.97 Å². The lowest BCUT2D eigenvalue weighted by Crippen LogP contribution is -2.32. The first-order chi connectivity index (χ1) is 19.9. The lowest BCUT2D eigenvalue weighted by Gasteiger charge is -2.19. The fourth-order valence-electron chi connectivity index (χ4n) is 4.73. The molecule has 0 unspecified atom stereocenters. The van der Waals surface area contributed by atoms with Gasteiger partial charge in [-0.1, -0.05) is 48.5 Å². The number of ether oxygens (including phenoxy) is 2. The number of ketones is 1. The van der Waals surface area contributed by atoms with Crippen LogP contribution in [-0.2, 0) is 14.3 Å². The van der Waals surface area contributed by atoms with Crippen molar-refractivity contribution in [2.24, 2.45) is 5.92 Å². The summed E-state index contributed by atoms with van der Waals surface area (Å²) in [6.45, 7) is 0.118. The number of carbonyl (C=O) groups is 3. The van der Waals surface area contributed by atoms with Gasteiger partial charge in [-0.25, -0.2) is 4.39 Å². The summed E-state index contributed by atoms with van der Waals surface area (Å²) in [5, 5.41) is 0. The minimum absolute atomic E-state index is 0.0418. The van der Waals surface area contributed by atoms with E-state index in [1.54, 1.807) is 24.3 Å². The average Bonchev–Trinajstić information content (AvgIpc) is 3.39. The number of benzene rings is 4. The Labute approximate surface area is 242 Å². The molecule has 1 aliphatic rings. The first-order valence-electron chi connectivity index (χ1n) is 13.2. The summed E-state index contributed by atoms with van der Waals surface area (Å²) in [6.07, 6.45) is -1.06. The van der Waals surface area contributed by atoms with Crippen LogP contribution in [0, 0.1) is 11.7 Å². The van der Waals surface area contributed by atoms with Crippen LogP contribution in [0.5, 0.6) is 11.5 Å². The summed E-state index contributed by atoms with van der Waals surface area (Å²) < 4.78 is 24.9. The summed E-state index contributed by atoms with van der Waals surface area (Å²) in [5.74, 6) is -1.17. The molecule has 0 spiro atoms. The van der Waals surface area contributed by atoms with Gasteiger partial charge in [0, 0.05) is 42.1 Å². The topological polar surface area (TPSA) is 72.9 Å². The minimum Gasteiger partial charge on any atom is -0.457 e. The zero-order chi connectivity index (χ0) is 28.8. The van der Waals surface area contributed by atoms with Gasteiger partial charge in [0.25, 0.3) is 0 Å². The minimum atomic E-state index is -1.12. The Morgan fingerprint density at radius 1 is 0.902 bits per heavy atom. The fourth-order valence-corrected chi connectivity index (χ4v) is 4.93. The van der Waals surface area contributed by atoms with E-state index < -0.39 is 29.6 Å². The Morgan fingerprint density at radius 3 is 2.29 bits per heavy atom. The average molecular weight is 572 g/mol. The Balaban J connectivity index is 1.24. The molecule has 0 aliphatic carbocycles. The standard InChI is InChI=1S/C33H27ClFNO5/c34-19-18-30(32(38)23-10-12-25(35)13-11-23)41-33(39)24-20-31(37)36(21-24)26-14-16-27(17-15-26)40-29-9-5-4-8-28(29)22-6-2-1-3-7-22/h1-17,24,30H,18-21H2/t24-,30-/m0/s1. The first kappa shape index (κ1) is 28.1. The number of amides is 1. The predicted molar refractivity (Wildman–Crippen MR) is 155 cm³/mol. The highest BCUT2D eigenvalue weighted by molar-refractivity contribution is 6.18. The third-order valence-electron chi connectivity index (χ3n) is 6.86. The molecule has 0 saturated carbocycles. The summed E-state index contributed by atoms with van der Waals surface area (Å²) in [5.41, 5.74) is 2.83. The third-order valence-corrected chi connectivity index (χ3v) is 7.08. The molecule has 4 aromatic rings. The smallest absolute Gasteiger partial charge is 0.312 e. The summed E-state index contributed by atoms with van der Waals surface area (Å²) in [6, 6.07) is 29.8. The van der Waals surface area contributed by atoms with Crippen LogP contribution in [0.4, 0.5) is 10.1 Å². The predicted octanol–water partition coefficient (Wildman–Crippen LogP) is 7.06. The summed E-state index contributed by atoms with van der Waals surface area (Å²) >= 11 is 5.85. The number of halogens is 2. The Hall–Kier alpha value is -4.49. The van der Waals surface area contributed by atoms with Crippen LogP contribution in [0.1, 0.15) is 23.2 Å². The van der Waals surface area contributed by atoms with Crippen molar-refractivity contribution >= 4 is 34.9 Å². The molecule has 0 bridgehead atoms. The number of para-hydroxylation sites is 1. The quantitative estimate of drug-likeness (QED) is 0.116. The molecule has 1 fully saturated rings. The number of nitrogens with zero attached hydrogens (tertiary/aromatic N) is 1. The number of hydrogen-bond acceptors (Lipinski definition) is 5. The van der Waals surface area contributed by atoms with Gasteiger partial charge in [-0.3, -0.25) is 14.4 Å². The van der Waals surface area contributed by atoms with Crippen LogP contribution >= 0.6 is 11.6 Å². The van der Waals surface area contributed by atoms with Gasteiger partial charge in [0.05, 0.1) is 5.92 Å². The Kier molecular flexibility index (Phi) is 8.75. The Morgan fingerprint density at radius 2 is 1.59 bits per heavy atom. The molecule has 5 rings (SSSR count). The van der Waals surface area contributed by atoms with E-state index in [0.29, 0.717) is 17.2 Å². The molecular formula is C33H27ClFNO5. The van der Waals surface area contributed by atoms with E-state index in [4.69, 9.17) is 21.1 Å². The normalized spacial score (nSPS) is 15.4. The maximum Gasteiger partial charge on any atom is 0.312 e. The van der Waals surface area contributed by atoms with Gasteiger partial charge in [0.2, 0.25) is 11.7 Å². The molecule has 8 heteroatoms. The number of Topliss-reactive ketones (excluding diaryl/α,β-unsaturated/α-hetero) is 1. The number of hydrogen-bond donors (Lipinski definition) is 0. The second-order valence-electron chi connectivity index (χ2n) is 9.64. The third kappa shape index (κ3) is 6.64. The van der Waals surface area contributed by atoms with Gasteiger partial charge in [-0.2, -0.15) is 0 Å². The van der Waals surface area contributed by atoms with Crippen molar-refractivity contribution in [3.8, 4) is 22.6 Å². The highest BCUT2D eigenvalue weighted by Gasteiger charge is 2.38. The molecule has 1 heterocycles. The van der Waals surface area contributed by atoms with Crippen molar-refractivity contribution in [3.05, 3.63) is 115 Å². The van der Waals surface area contributed by atoms with Crippen molar-refractivity contribution in [2.75, 3.05) is 17.3 Å². The van der Waals surface area contributed by atoms with Crippen LogP contribution < -0.4 is 9.64 Å². The van der Waals surface area contributed by atoms with Crippen molar-refractivity contribution in [3.63, 3.8) is 0 Å². The number of anilines is 1. The lowest BCUT2D eigenvalue weighted by atomic mass is 10.0. The molecule has 1 aliphatic heterocycles. The van der Waals surface area contributed by atoms with Crippen LogP contribution in [0.25, 0.3) is 11.1 Å². The van der Waals surface area contributed by atoms with E-state index in [2.05, 4.69) is 0 Å². The van der Waals surface area contributed by atoms with Gasteiger partial charge < -0.3 is 14.4 Å². The monoisotopic (exact) mass is 571 g/mol. The fraction of sp³-hybridized carbons (Fsp3) is 0.182.